The number of hydrogen-bond acceptors (Lipinski definition) is 5. The first-order valence-electron chi connectivity index (χ1n) is 19.7. The zero-order valence-electron chi connectivity index (χ0n) is 30.5. The van der Waals surface area contributed by atoms with Gasteiger partial charge in [-0.3, -0.25) is 9.59 Å². The van der Waals surface area contributed by atoms with Gasteiger partial charge in [0.2, 0.25) is 0 Å². The van der Waals surface area contributed by atoms with Crippen LogP contribution in [-0.2, 0) is 19.1 Å². The van der Waals surface area contributed by atoms with Gasteiger partial charge in [-0.2, -0.15) is 0 Å². The van der Waals surface area contributed by atoms with Crippen molar-refractivity contribution in [3.8, 4) is 0 Å². The molecule has 1 heterocycles. The Morgan fingerprint density at radius 3 is 1.82 bits per heavy atom. The van der Waals surface area contributed by atoms with Crippen molar-refractivity contribution in [3.63, 3.8) is 0 Å². The smallest absolute Gasteiger partial charge is 0.309 e. The summed E-state index contributed by atoms with van der Waals surface area (Å²) in [7, 11) is 2.14. The van der Waals surface area contributed by atoms with Gasteiger partial charge in [0.15, 0.2) is 0 Å². The maximum atomic E-state index is 12.9. The molecule has 1 aliphatic rings. The van der Waals surface area contributed by atoms with Crippen molar-refractivity contribution in [1.29, 1.82) is 0 Å². The summed E-state index contributed by atoms with van der Waals surface area (Å²) in [6, 6.07) is 0. The molecule has 0 aromatic heterocycles. The Labute approximate surface area is 280 Å². The number of carbonyl (C=O) groups is 2. The lowest BCUT2D eigenvalue weighted by Gasteiger charge is -2.29. The van der Waals surface area contributed by atoms with E-state index in [2.05, 4.69) is 44.9 Å². The monoisotopic (exact) mass is 634 g/mol. The van der Waals surface area contributed by atoms with Gasteiger partial charge in [-0.1, -0.05) is 129 Å². The van der Waals surface area contributed by atoms with Gasteiger partial charge in [0.25, 0.3) is 0 Å². The van der Waals surface area contributed by atoms with Gasteiger partial charge < -0.3 is 14.4 Å². The molecule has 0 aliphatic carbocycles. The SMILES string of the molecule is CCCCC/C=C\C(CCCC)COC(=O)CCCCCCCCC(CCCCCCCCCC)OC(=O)C1CCN(C)CC1. The highest BCUT2D eigenvalue weighted by atomic mass is 16.5. The van der Waals surface area contributed by atoms with Crippen LogP contribution in [0.4, 0.5) is 0 Å². The van der Waals surface area contributed by atoms with Crippen LogP contribution in [-0.4, -0.2) is 49.7 Å². The molecule has 0 N–H and O–H groups in total. The molecular formula is C40H75NO4. The number of likely N-dealkylation sites (tertiary alicyclic amines) is 1. The molecule has 5 nitrogen and oxygen atoms in total. The molecule has 0 bridgehead atoms. The molecule has 0 amide bonds. The van der Waals surface area contributed by atoms with Gasteiger partial charge in [0, 0.05) is 12.3 Å². The quantitative estimate of drug-likeness (QED) is 0.0447. The molecule has 5 heteroatoms. The standard InChI is InChI=1S/C40H75NO4/c1-5-8-11-13-14-15-19-23-28-38(45-40(43)37-31-33-41(4)34-32-37)29-24-20-16-17-21-25-30-39(42)44-35-36(26-10-7-3)27-22-18-12-9-6-2/h22,27,36-38H,5-21,23-26,28-35H2,1-4H3/b27-22-. The van der Waals surface area contributed by atoms with Crippen LogP contribution in [0.25, 0.3) is 0 Å². The minimum Gasteiger partial charge on any atom is -0.465 e. The number of ether oxygens (including phenoxy) is 2. The Bertz CT molecular complexity index is 715. The highest BCUT2D eigenvalue weighted by Crippen LogP contribution is 2.22. The van der Waals surface area contributed by atoms with E-state index in [4.69, 9.17) is 9.47 Å². The van der Waals surface area contributed by atoms with Crippen molar-refractivity contribution in [3.05, 3.63) is 12.2 Å². The minimum atomic E-state index is -0.0360. The lowest BCUT2D eigenvalue weighted by atomic mass is 9.97. The summed E-state index contributed by atoms with van der Waals surface area (Å²) >= 11 is 0. The van der Waals surface area contributed by atoms with Crippen molar-refractivity contribution in [2.75, 3.05) is 26.7 Å². The number of rotatable bonds is 30. The summed E-state index contributed by atoms with van der Waals surface area (Å²) < 4.78 is 11.8. The summed E-state index contributed by atoms with van der Waals surface area (Å²) in [6.07, 6.45) is 34.6. The van der Waals surface area contributed by atoms with Gasteiger partial charge in [-0.15, -0.1) is 0 Å². The third-order valence-corrected chi connectivity index (χ3v) is 9.64. The van der Waals surface area contributed by atoms with E-state index >= 15 is 0 Å². The zero-order chi connectivity index (χ0) is 32.8. The fraction of sp³-hybridized carbons (Fsp3) is 0.900. The molecule has 0 aromatic carbocycles. The summed E-state index contributed by atoms with van der Waals surface area (Å²) in [5.74, 6) is 0.465. The number of carbonyl (C=O) groups excluding carboxylic acids is 2. The number of piperidine rings is 1. The van der Waals surface area contributed by atoms with Crippen molar-refractivity contribution in [1.82, 2.24) is 4.90 Å². The van der Waals surface area contributed by atoms with E-state index in [1.54, 1.807) is 0 Å². The van der Waals surface area contributed by atoms with Gasteiger partial charge in [0.05, 0.1) is 12.5 Å². The Morgan fingerprint density at radius 2 is 1.22 bits per heavy atom. The van der Waals surface area contributed by atoms with Crippen LogP contribution in [0.1, 0.15) is 188 Å². The first-order chi connectivity index (χ1) is 22.0. The Hall–Kier alpha value is -1.36. The average Bonchev–Trinajstić information content (AvgIpc) is 3.04. The molecule has 0 radical (unpaired) electrons. The normalized spacial score (nSPS) is 15.8. The van der Waals surface area contributed by atoms with E-state index < -0.39 is 0 Å². The van der Waals surface area contributed by atoms with Crippen LogP contribution in [0.2, 0.25) is 0 Å². The number of unbranched alkanes of at least 4 members (excludes halogenated alkanes) is 16. The Morgan fingerprint density at radius 1 is 0.689 bits per heavy atom. The first kappa shape index (κ1) is 41.7. The molecule has 1 saturated heterocycles. The number of allylic oxidation sites excluding steroid dienone is 1. The predicted octanol–water partition coefficient (Wildman–Crippen LogP) is 11.4. The first-order valence-corrected chi connectivity index (χ1v) is 19.7. The van der Waals surface area contributed by atoms with Crippen LogP contribution in [0.3, 0.4) is 0 Å². The molecule has 0 aromatic rings. The fourth-order valence-electron chi connectivity index (χ4n) is 6.40. The van der Waals surface area contributed by atoms with E-state index in [9.17, 15) is 9.59 Å². The van der Waals surface area contributed by atoms with Crippen LogP contribution >= 0.6 is 0 Å². The number of nitrogens with zero attached hydrogens (tertiary/aromatic N) is 1. The average molecular weight is 634 g/mol. The van der Waals surface area contributed by atoms with Crippen LogP contribution in [0.5, 0.6) is 0 Å². The third kappa shape index (κ3) is 24.5. The second-order valence-electron chi connectivity index (χ2n) is 14.1. The second kappa shape index (κ2) is 30.0. The fourth-order valence-corrected chi connectivity index (χ4v) is 6.40. The molecule has 2 unspecified atom stereocenters. The van der Waals surface area contributed by atoms with E-state index in [1.807, 2.05) is 0 Å². The van der Waals surface area contributed by atoms with Gasteiger partial charge in [-0.25, -0.2) is 0 Å². The highest BCUT2D eigenvalue weighted by molar-refractivity contribution is 5.72. The summed E-state index contributed by atoms with van der Waals surface area (Å²) in [6.45, 7) is 9.25. The third-order valence-electron chi connectivity index (χ3n) is 9.64. The van der Waals surface area contributed by atoms with Crippen LogP contribution in [0, 0.1) is 11.8 Å². The molecule has 1 aliphatic heterocycles. The van der Waals surface area contributed by atoms with E-state index in [1.165, 1.54) is 96.3 Å². The highest BCUT2D eigenvalue weighted by Gasteiger charge is 2.26. The molecule has 2 atom stereocenters. The predicted molar refractivity (Wildman–Crippen MR) is 192 cm³/mol. The number of esters is 2. The van der Waals surface area contributed by atoms with Crippen molar-refractivity contribution < 1.29 is 19.1 Å². The summed E-state index contributed by atoms with van der Waals surface area (Å²) in [4.78, 5) is 27.6. The van der Waals surface area contributed by atoms with Crippen molar-refractivity contribution >= 4 is 11.9 Å². The van der Waals surface area contributed by atoms with Crippen LogP contribution < -0.4 is 0 Å². The summed E-state index contributed by atoms with van der Waals surface area (Å²) in [5.41, 5.74) is 0. The molecule has 264 valence electrons. The van der Waals surface area contributed by atoms with Gasteiger partial charge >= 0.3 is 11.9 Å². The topological polar surface area (TPSA) is 55.8 Å². The molecule has 0 saturated carbocycles. The lowest BCUT2D eigenvalue weighted by molar-refractivity contribution is -0.156. The minimum absolute atomic E-state index is 0.0360. The molecule has 45 heavy (non-hydrogen) atoms. The zero-order valence-corrected chi connectivity index (χ0v) is 30.5. The summed E-state index contributed by atoms with van der Waals surface area (Å²) in [5, 5.41) is 0. The van der Waals surface area contributed by atoms with E-state index in [0.717, 1.165) is 77.3 Å². The van der Waals surface area contributed by atoms with Crippen molar-refractivity contribution in [2.45, 2.75) is 194 Å². The maximum absolute atomic E-state index is 12.9. The van der Waals surface area contributed by atoms with Gasteiger partial charge in [-0.05, 0) is 84.3 Å². The van der Waals surface area contributed by atoms with E-state index in [0.29, 0.717) is 18.9 Å². The molecule has 0 spiro atoms. The second-order valence-corrected chi connectivity index (χ2v) is 14.1. The van der Waals surface area contributed by atoms with Crippen LogP contribution in [0.15, 0.2) is 12.2 Å². The molecule has 1 fully saturated rings. The Kier molecular flexibility index (Phi) is 27.8. The number of hydrogen-bond donors (Lipinski definition) is 0. The Balaban J connectivity index is 2.25. The van der Waals surface area contributed by atoms with Gasteiger partial charge in [0.1, 0.15) is 6.10 Å². The lowest BCUT2D eigenvalue weighted by Crippen LogP contribution is -2.35. The molecular weight excluding hydrogens is 558 g/mol. The largest absolute Gasteiger partial charge is 0.465 e. The maximum Gasteiger partial charge on any atom is 0.309 e. The van der Waals surface area contributed by atoms with Crippen molar-refractivity contribution in [2.24, 2.45) is 11.8 Å². The molecule has 1 rings (SSSR count). The van der Waals surface area contributed by atoms with E-state index in [-0.39, 0.29) is 24.0 Å².